The number of nitrogen functional groups attached to an aromatic ring is 1. The number of carbonyl (C=O) groups excluding carboxylic acids is 1. The highest BCUT2D eigenvalue weighted by molar-refractivity contribution is 8.00. The molecule has 1 amide bonds. The number of thioether (sulfide) groups is 1. The molecule has 1 saturated heterocycles. The van der Waals surface area contributed by atoms with Crippen molar-refractivity contribution in [3.05, 3.63) is 11.4 Å². The molecule has 5 nitrogen and oxygen atoms in total. The van der Waals surface area contributed by atoms with E-state index in [1.165, 1.54) is 0 Å². The molecule has 0 atom stereocenters. The summed E-state index contributed by atoms with van der Waals surface area (Å²) in [6.07, 6.45) is 0.991. The smallest absolute Gasteiger partial charge is 0.276 e. The van der Waals surface area contributed by atoms with Gasteiger partial charge in [-0.1, -0.05) is 27.7 Å². The maximum absolute atomic E-state index is 12.6. The molecule has 1 aliphatic heterocycles. The molecule has 6 heteroatoms. The Morgan fingerprint density at radius 1 is 1.45 bits per heavy atom. The van der Waals surface area contributed by atoms with E-state index < -0.39 is 0 Å². The largest absolute Gasteiger partial charge is 0.395 e. The van der Waals surface area contributed by atoms with Gasteiger partial charge in [0.15, 0.2) is 5.69 Å². The molecule has 0 saturated carbocycles. The molecule has 1 aromatic rings. The molecule has 1 aromatic heterocycles. The third kappa shape index (κ3) is 3.11. The zero-order chi connectivity index (χ0) is 14.9. The van der Waals surface area contributed by atoms with Gasteiger partial charge < -0.3 is 10.6 Å². The molecule has 20 heavy (non-hydrogen) atoms. The van der Waals surface area contributed by atoms with Crippen molar-refractivity contribution in [2.24, 2.45) is 0 Å². The number of amides is 1. The topological polar surface area (TPSA) is 75.0 Å². The number of rotatable bonds is 2. The lowest BCUT2D eigenvalue weighted by Gasteiger charge is -2.22. The van der Waals surface area contributed by atoms with Gasteiger partial charge in [-0.2, -0.15) is 16.9 Å². The van der Waals surface area contributed by atoms with Crippen molar-refractivity contribution in [3.63, 3.8) is 0 Å². The van der Waals surface area contributed by atoms with E-state index in [2.05, 4.69) is 24.0 Å². The third-order valence-corrected chi connectivity index (χ3v) is 5.11. The first-order valence-corrected chi connectivity index (χ1v) is 8.07. The van der Waals surface area contributed by atoms with Crippen molar-refractivity contribution in [2.75, 3.05) is 24.6 Å². The first-order chi connectivity index (χ1) is 9.32. The maximum Gasteiger partial charge on any atom is 0.276 e. The summed E-state index contributed by atoms with van der Waals surface area (Å²) in [4.78, 5) is 14.4. The fraction of sp³-hybridized carbons (Fsp3) is 0.714. The number of carbonyl (C=O) groups is 1. The van der Waals surface area contributed by atoms with Gasteiger partial charge >= 0.3 is 0 Å². The zero-order valence-electron chi connectivity index (χ0n) is 12.7. The Kier molecular flexibility index (Phi) is 4.32. The number of aromatic amines is 1. The first-order valence-electron chi connectivity index (χ1n) is 7.09. The lowest BCUT2D eigenvalue weighted by Crippen LogP contribution is -2.34. The third-order valence-electron chi connectivity index (χ3n) is 3.74. The Labute approximate surface area is 124 Å². The SMILES string of the molecule is CC(C)c1[nH]nc(C(=O)N2CCSC(C)(C)CC2)c1N. The molecule has 0 bridgehead atoms. The molecule has 1 aliphatic rings. The Hall–Kier alpha value is -1.17. The Morgan fingerprint density at radius 2 is 2.15 bits per heavy atom. The highest BCUT2D eigenvalue weighted by Gasteiger charge is 2.29. The molecule has 2 rings (SSSR count). The minimum Gasteiger partial charge on any atom is -0.395 e. The summed E-state index contributed by atoms with van der Waals surface area (Å²) in [5, 5.41) is 7.03. The number of hydrogen-bond donors (Lipinski definition) is 2. The Balaban J connectivity index is 2.15. The van der Waals surface area contributed by atoms with Gasteiger partial charge in [0.1, 0.15) is 0 Å². The molecular formula is C14H24N4OS. The minimum absolute atomic E-state index is 0.0519. The number of nitrogens with one attached hydrogen (secondary N) is 1. The Morgan fingerprint density at radius 3 is 2.75 bits per heavy atom. The predicted octanol–water partition coefficient (Wildman–Crippen LogP) is 2.47. The molecule has 2 heterocycles. The molecule has 0 aromatic carbocycles. The molecule has 0 radical (unpaired) electrons. The number of anilines is 1. The van der Waals surface area contributed by atoms with E-state index in [4.69, 9.17) is 5.73 Å². The van der Waals surface area contributed by atoms with Crippen molar-refractivity contribution in [3.8, 4) is 0 Å². The van der Waals surface area contributed by atoms with Crippen LogP contribution in [-0.2, 0) is 0 Å². The molecule has 0 unspecified atom stereocenters. The van der Waals surface area contributed by atoms with E-state index in [9.17, 15) is 4.79 Å². The zero-order valence-corrected chi connectivity index (χ0v) is 13.5. The van der Waals surface area contributed by atoms with Crippen LogP contribution in [0.25, 0.3) is 0 Å². The minimum atomic E-state index is -0.0519. The highest BCUT2D eigenvalue weighted by atomic mass is 32.2. The van der Waals surface area contributed by atoms with Gasteiger partial charge in [0, 0.05) is 23.6 Å². The molecule has 3 N–H and O–H groups in total. The summed E-state index contributed by atoms with van der Waals surface area (Å²) >= 11 is 1.92. The lowest BCUT2D eigenvalue weighted by molar-refractivity contribution is 0.0759. The van der Waals surface area contributed by atoms with Crippen LogP contribution < -0.4 is 5.73 Å². The molecular weight excluding hydrogens is 272 g/mol. The molecule has 112 valence electrons. The van der Waals surface area contributed by atoms with Gasteiger partial charge in [-0.05, 0) is 12.3 Å². The monoisotopic (exact) mass is 296 g/mol. The molecule has 1 fully saturated rings. The highest BCUT2D eigenvalue weighted by Crippen LogP contribution is 2.31. The van der Waals surface area contributed by atoms with Crippen LogP contribution in [0, 0.1) is 0 Å². The van der Waals surface area contributed by atoms with E-state index in [0.29, 0.717) is 11.4 Å². The van der Waals surface area contributed by atoms with Crippen LogP contribution in [0.2, 0.25) is 0 Å². The number of aromatic nitrogens is 2. The van der Waals surface area contributed by atoms with Crippen molar-refractivity contribution in [1.29, 1.82) is 0 Å². The maximum atomic E-state index is 12.6. The van der Waals surface area contributed by atoms with Gasteiger partial charge in [-0.15, -0.1) is 0 Å². The fourth-order valence-electron chi connectivity index (χ4n) is 2.34. The second kappa shape index (κ2) is 5.68. The standard InChI is InChI=1S/C14H24N4OS/c1-9(2)11-10(15)12(17-16-11)13(19)18-6-5-14(3,4)20-8-7-18/h9H,5-8,15H2,1-4H3,(H,16,17). The first kappa shape index (κ1) is 15.2. The average Bonchev–Trinajstić information content (AvgIpc) is 2.64. The van der Waals surface area contributed by atoms with Gasteiger partial charge in [-0.25, -0.2) is 0 Å². The Bertz CT molecular complexity index is 495. The normalized spacial score (nSPS) is 19.1. The van der Waals surface area contributed by atoms with Crippen LogP contribution in [0.3, 0.4) is 0 Å². The predicted molar refractivity (Wildman–Crippen MR) is 84.1 cm³/mol. The van der Waals surface area contributed by atoms with Crippen molar-refractivity contribution in [2.45, 2.75) is 44.8 Å². The summed E-state index contributed by atoms with van der Waals surface area (Å²) in [7, 11) is 0. The summed E-state index contributed by atoms with van der Waals surface area (Å²) in [5.74, 6) is 1.15. The van der Waals surface area contributed by atoms with Crippen LogP contribution in [0.15, 0.2) is 0 Å². The lowest BCUT2D eigenvalue weighted by atomic mass is 10.1. The van der Waals surface area contributed by atoms with Gasteiger partial charge in [0.2, 0.25) is 0 Å². The van der Waals surface area contributed by atoms with E-state index in [1.807, 2.05) is 30.5 Å². The van der Waals surface area contributed by atoms with Crippen molar-refractivity contribution in [1.82, 2.24) is 15.1 Å². The van der Waals surface area contributed by atoms with Gasteiger partial charge in [0.25, 0.3) is 5.91 Å². The number of nitrogens with zero attached hydrogens (tertiary/aromatic N) is 2. The van der Waals surface area contributed by atoms with Crippen LogP contribution in [0.1, 0.15) is 56.2 Å². The van der Waals surface area contributed by atoms with E-state index >= 15 is 0 Å². The van der Waals surface area contributed by atoms with E-state index in [1.54, 1.807) is 0 Å². The van der Waals surface area contributed by atoms with Crippen molar-refractivity contribution >= 4 is 23.4 Å². The summed E-state index contributed by atoms with van der Waals surface area (Å²) < 4.78 is 0.231. The number of hydrogen-bond acceptors (Lipinski definition) is 4. The van der Waals surface area contributed by atoms with Gasteiger partial charge in [0.05, 0.1) is 11.4 Å². The van der Waals surface area contributed by atoms with Crippen LogP contribution in [0.4, 0.5) is 5.69 Å². The quantitative estimate of drug-likeness (QED) is 0.879. The molecule has 0 spiro atoms. The van der Waals surface area contributed by atoms with Crippen LogP contribution in [-0.4, -0.2) is 44.6 Å². The average molecular weight is 296 g/mol. The second-order valence-corrected chi connectivity index (χ2v) is 8.01. The summed E-state index contributed by atoms with van der Waals surface area (Å²) in [6, 6.07) is 0. The van der Waals surface area contributed by atoms with Crippen LogP contribution >= 0.6 is 11.8 Å². The van der Waals surface area contributed by atoms with Gasteiger partial charge in [-0.3, -0.25) is 9.89 Å². The van der Waals surface area contributed by atoms with Crippen LogP contribution in [0.5, 0.6) is 0 Å². The number of nitrogens with two attached hydrogens (primary N) is 1. The van der Waals surface area contributed by atoms with Crippen molar-refractivity contribution < 1.29 is 4.79 Å². The van der Waals surface area contributed by atoms with E-state index in [0.717, 1.165) is 31.0 Å². The number of H-pyrrole nitrogens is 1. The summed E-state index contributed by atoms with van der Waals surface area (Å²) in [6.45, 7) is 10.0. The fourth-order valence-corrected chi connectivity index (χ4v) is 3.44. The second-order valence-electron chi connectivity index (χ2n) is 6.20. The molecule has 0 aliphatic carbocycles. The summed E-state index contributed by atoms with van der Waals surface area (Å²) in [5.41, 5.74) is 7.78. The van der Waals surface area contributed by atoms with E-state index in [-0.39, 0.29) is 16.6 Å².